The highest BCUT2D eigenvalue weighted by Crippen LogP contribution is 2.34. The number of aromatic nitrogens is 5. The number of hydrogen-bond donors (Lipinski definition) is 1. The van der Waals surface area contributed by atoms with Crippen LogP contribution in [0.5, 0.6) is 5.75 Å². The molecule has 0 spiro atoms. The molecule has 4 aromatic rings. The van der Waals surface area contributed by atoms with Gasteiger partial charge in [-0.25, -0.2) is 18.4 Å². The fourth-order valence-electron chi connectivity index (χ4n) is 4.18. The van der Waals surface area contributed by atoms with Crippen LogP contribution in [0.25, 0.3) is 5.69 Å². The standard InChI is InChI=1S/C23H21ClF2N6O/c1-33-20-11-15(6-8-19(20)31-12-21(24)27-13-31)28-23-29-22-17(4-2-3-9-32(22)30-23)16-7-5-14(25)10-18(16)26/h5-8,10-13,17H,2-4,9H2,1H3,(H,28,30)/t17-/m0/s1. The molecule has 1 aliphatic rings. The Morgan fingerprint density at radius 2 is 2.03 bits per heavy atom. The van der Waals surface area contributed by atoms with E-state index in [4.69, 9.17) is 16.3 Å². The summed E-state index contributed by atoms with van der Waals surface area (Å²) in [6, 6.07) is 9.27. The minimum absolute atomic E-state index is 0.293. The number of methoxy groups -OCH3 is 1. The van der Waals surface area contributed by atoms with E-state index >= 15 is 0 Å². The van der Waals surface area contributed by atoms with E-state index < -0.39 is 11.6 Å². The van der Waals surface area contributed by atoms with E-state index in [1.807, 2.05) is 22.9 Å². The van der Waals surface area contributed by atoms with Crippen LogP contribution in [0, 0.1) is 11.6 Å². The monoisotopic (exact) mass is 470 g/mol. The third-order valence-electron chi connectivity index (χ3n) is 5.73. The zero-order valence-electron chi connectivity index (χ0n) is 17.8. The van der Waals surface area contributed by atoms with E-state index in [1.165, 1.54) is 12.1 Å². The van der Waals surface area contributed by atoms with Gasteiger partial charge in [0.05, 0.1) is 12.8 Å². The third-order valence-corrected chi connectivity index (χ3v) is 5.92. The molecule has 0 saturated heterocycles. The van der Waals surface area contributed by atoms with Crippen LogP contribution >= 0.6 is 11.6 Å². The van der Waals surface area contributed by atoms with Gasteiger partial charge in [0.25, 0.3) is 0 Å². The normalized spacial score (nSPS) is 15.7. The van der Waals surface area contributed by atoms with Crippen molar-refractivity contribution in [3.05, 3.63) is 77.1 Å². The Balaban J connectivity index is 1.45. The largest absolute Gasteiger partial charge is 0.494 e. The molecule has 7 nitrogen and oxygen atoms in total. The zero-order valence-corrected chi connectivity index (χ0v) is 18.6. The SMILES string of the molecule is COc1cc(Nc2nc3n(n2)CCCC[C@H]3c2ccc(F)cc2F)ccc1-n1cnc(Cl)c1. The Bertz CT molecular complexity index is 1300. The first-order valence-electron chi connectivity index (χ1n) is 10.6. The first kappa shape index (κ1) is 21.4. The number of rotatable bonds is 5. The molecule has 170 valence electrons. The Morgan fingerprint density at radius 3 is 2.79 bits per heavy atom. The van der Waals surface area contributed by atoms with Gasteiger partial charge >= 0.3 is 0 Å². The molecule has 33 heavy (non-hydrogen) atoms. The van der Waals surface area contributed by atoms with E-state index in [1.54, 1.807) is 24.2 Å². The molecule has 2 aromatic carbocycles. The van der Waals surface area contributed by atoms with Gasteiger partial charge in [0.2, 0.25) is 5.95 Å². The number of benzene rings is 2. The Hall–Kier alpha value is -3.46. The maximum atomic E-state index is 14.5. The highest BCUT2D eigenvalue weighted by atomic mass is 35.5. The number of imidazole rings is 1. The van der Waals surface area contributed by atoms with E-state index in [2.05, 4.69) is 20.4 Å². The molecule has 1 aliphatic heterocycles. The van der Waals surface area contributed by atoms with Crippen LogP contribution < -0.4 is 10.1 Å². The van der Waals surface area contributed by atoms with E-state index in [-0.39, 0.29) is 5.92 Å². The summed E-state index contributed by atoms with van der Waals surface area (Å²) in [5.41, 5.74) is 1.94. The number of nitrogens with zero attached hydrogens (tertiary/aromatic N) is 5. The minimum Gasteiger partial charge on any atom is -0.494 e. The second-order valence-electron chi connectivity index (χ2n) is 7.85. The number of halogens is 3. The Labute approximate surface area is 194 Å². The van der Waals surface area contributed by atoms with Gasteiger partial charge < -0.3 is 14.6 Å². The molecule has 1 N–H and O–H groups in total. The van der Waals surface area contributed by atoms with Crippen molar-refractivity contribution in [3.8, 4) is 11.4 Å². The predicted octanol–water partition coefficient (Wildman–Crippen LogP) is 5.46. The Kier molecular flexibility index (Phi) is 5.72. The van der Waals surface area contributed by atoms with Crippen molar-refractivity contribution >= 4 is 23.2 Å². The molecule has 0 amide bonds. The summed E-state index contributed by atoms with van der Waals surface area (Å²) in [5.74, 6) is 0.229. The maximum Gasteiger partial charge on any atom is 0.246 e. The van der Waals surface area contributed by atoms with E-state index in [0.717, 1.165) is 36.7 Å². The summed E-state index contributed by atoms with van der Waals surface area (Å²) >= 11 is 5.93. The molecular weight excluding hydrogens is 450 g/mol. The first-order valence-corrected chi connectivity index (χ1v) is 10.9. The highest BCUT2D eigenvalue weighted by Gasteiger charge is 2.27. The molecule has 0 fully saturated rings. The molecule has 2 aromatic heterocycles. The molecule has 0 bridgehead atoms. The maximum absolute atomic E-state index is 14.5. The molecule has 5 rings (SSSR count). The quantitative estimate of drug-likeness (QED) is 0.419. The zero-order chi connectivity index (χ0) is 22.9. The lowest BCUT2D eigenvalue weighted by Gasteiger charge is -2.15. The van der Waals surface area contributed by atoms with Crippen molar-refractivity contribution < 1.29 is 13.5 Å². The van der Waals surface area contributed by atoms with Crippen molar-refractivity contribution in [1.82, 2.24) is 24.3 Å². The lowest BCUT2D eigenvalue weighted by Crippen LogP contribution is -2.10. The smallest absolute Gasteiger partial charge is 0.246 e. The molecule has 0 unspecified atom stereocenters. The molecular formula is C23H21ClF2N6O. The lowest BCUT2D eigenvalue weighted by atomic mass is 9.93. The average Bonchev–Trinajstić information content (AvgIpc) is 3.35. The summed E-state index contributed by atoms with van der Waals surface area (Å²) < 4.78 is 37.1. The Morgan fingerprint density at radius 1 is 1.15 bits per heavy atom. The van der Waals surface area contributed by atoms with Gasteiger partial charge in [-0.05, 0) is 36.6 Å². The van der Waals surface area contributed by atoms with Crippen molar-refractivity contribution in [3.63, 3.8) is 0 Å². The first-order chi connectivity index (χ1) is 16.0. The predicted molar refractivity (Wildman–Crippen MR) is 120 cm³/mol. The second-order valence-corrected chi connectivity index (χ2v) is 8.23. The van der Waals surface area contributed by atoms with Gasteiger partial charge in [-0.15, -0.1) is 5.10 Å². The van der Waals surface area contributed by atoms with Gasteiger partial charge in [-0.2, -0.15) is 4.98 Å². The molecule has 3 heterocycles. The van der Waals surface area contributed by atoms with Crippen molar-refractivity contribution in [2.75, 3.05) is 12.4 Å². The van der Waals surface area contributed by atoms with Crippen molar-refractivity contribution in [2.24, 2.45) is 0 Å². The summed E-state index contributed by atoms with van der Waals surface area (Å²) in [6.07, 6.45) is 5.83. The molecule has 0 radical (unpaired) electrons. The summed E-state index contributed by atoms with van der Waals surface area (Å²) in [6.45, 7) is 0.687. The third kappa shape index (κ3) is 4.28. The van der Waals surface area contributed by atoms with Crippen LogP contribution in [0.2, 0.25) is 5.15 Å². The van der Waals surface area contributed by atoms with Crippen molar-refractivity contribution in [2.45, 2.75) is 31.7 Å². The van der Waals surface area contributed by atoms with Crippen LogP contribution in [0.1, 0.15) is 36.6 Å². The molecule has 10 heteroatoms. The van der Waals surface area contributed by atoms with E-state index in [0.29, 0.717) is 34.8 Å². The second kappa shape index (κ2) is 8.82. The fraction of sp³-hybridized carbons (Fsp3) is 0.261. The van der Waals surface area contributed by atoms with Gasteiger partial charge in [0.1, 0.15) is 34.7 Å². The average molecular weight is 471 g/mol. The molecule has 0 saturated carbocycles. The summed E-state index contributed by atoms with van der Waals surface area (Å²) in [5, 5.41) is 8.19. The summed E-state index contributed by atoms with van der Waals surface area (Å²) in [7, 11) is 1.58. The van der Waals surface area contributed by atoms with Crippen LogP contribution in [0.4, 0.5) is 20.4 Å². The number of aryl methyl sites for hydroxylation is 1. The molecule has 0 aliphatic carbocycles. The van der Waals surface area contributed by atoms with Gasteiger partial charge in [0.15, 0.2) is 0 Å². The van der Waals surface area contributed by atoms with Crippen LogP contribution in [-0.4, -0.2) is 31.4 Å². The number of fused-ring (bicyclic) bond motifs is 1. The van der Waals surface area contributed by atoms with Gasteiger partial charge in [-0.1, -0.05) is 24.1 Å². The lowest BCUT2D eigenvalue weighted by molar-refractivity contribution is 0.413. The highest BCUT2D eigenvalue weighted by molar-refractivity contribution is 6.29. The number of ether oxygens (including phenoxy) is 1. The van der Waals surface area contributed by atoms with Crippen LogP contribution in [-0.2, 0) is 6.54 Å². The fourth-order valence-corrected chi connectivity index (χ4v) is 4.32. The number of nitrogens with one attached hydrogen (secondary N) is 1. The minimum atomic E-state index is -0.593. The van der Waals surface area contributed by atoms with E-state index in [9.17, 15) is 8.78 Å². The van der Waals surface area contributed by atoms with Gasteiger partial charge in [0, 0.05) is 36.5 Å². The topological polar surface area (TPSA) is 69.8 Å². The van der Waals surface area contributed by atoms with Gasteiger partial charge in [-0.3, -0.25) is 0 Å². The number of hydrogen-bond acceptors (Lipinski definition) is 5. The summed E-state index contributed by atoms with van der Waals surface area (Å²) in [4.78, 5) is 8.71. The van der Waals surface area contributed by atoms with Crippen LogP contribution in [0.3, 0.4) is 0 Å². The number of anilines is 2. The molecule has 1 atom stereocenters. The van der Waals surface area contributed by atoms with Crippen LogP contribution in [0.15, 0.2) is 48.9 Å². The van der Waals surface area contributed by atoms with Crippen molar-refractivity contribution in [1.29, 1.82) is 0 Å².